The molecule has 0 aliphatic carbocycles. The van der Waals surface area contributed by atoms with Crippen LogP contribution in [0.5, 0.6) is 0 Å². The van der Waals surface area contributed by atoms with Crippen LogP contribution in [-0.4, -0.2) is 29.2 Å². The molecule has 0 aromatic heterocycles. The van der Waals surface area contributed by atoms with Gasteiger partial charge in [0, 0.05) is 17.5 Å². The molecular formula is C22H24N2O3. The molecule has 1 aliphatic rings. The van der Waals surface area contributed by atoms with Crippen LogP contribution in [0.25, 0.3) is 0 Å². The topological polar surface area (TPSA) is 67.8 Å². The van der Waals surface area contributed by atoms with E-state index in [0.717, 1.165) is 22.5 Å². The third-order valence-electron chi connectivity index (χ3n) is 4.12. The second-order valence-electron chi connectivity index (χ2n) is 7.52. The van der Waals surface area contributed by atoms with Crippen LogP contribution >= 0.6 is 0 Å². The zero-order valence-corrected chi connectivity index (χ0v) is 15.9. The number of hydrogen-bond acceptors (Lipinski definition) is 4. The maximum absolute atomic E-state index is 12.7. The molecule has 0 unspecified atom stereocenters. The van der Waals surface area contributed by atoms with Crippen LogP contribution in [0.4, 0.5) is 5.69 Å². The summed E-state index contributed by atoms with van der Waals surface area (Å²) >= 11 is 0. The van der Waals surface area contributed by atoms with Gasteiger partial charge in [-0.05, 0) is 33.3 Å². The number of rotatable bonds is 4. The molecule has 0 radical (unpaired) electrons. The van der Waals surface area contributed by atoms with E-state index >= 15 is 0 Å². The first-order valence-electron chi connectivity index (χ1n) is 9.09. The molecule has 0 spiro atoms. The number of amides is 1. The van der Waals surface area contributed by atoms with Crippen LogP contribution in [0.15, 0.2) is 59.6 Å². The van der Waals surface area contributed by atoms with E-state index in [1.165, 1.54) is 0 Å². The number of nitrogens with one attached hydrogen (secondary N) is 1. The lowest BCUT2D eigenvalue weighted by atomic mass is 10.0. The van der Waals surface area contributed by atoms with Gasteiger partial charge >= 0.3 is 5.97 Å². The van der Waals surface area contributed by atoms with Crippen LogP contribution in [0.2, 0.25) is 0 Å². The number of nitrogens with zero attached hydrogens (tertiary/aromatic N) is 1. The lowest BCUT2D eigenvalue weighted by molar-refractivity contribution is -0.155. The molecule has 1 amide bonds. The maximum Gasteiger partial charge on any atom is 0.306 e. The SMILES string of the molecule is CC(C)(C)OC(=O)CC[C@@H]1N=C(c2ccccc2)c2ccccc2NC1=O. The third kappa shape index (κ3) is 4.82. The number of hydrogen-bond donors (Lipinski definition) is 1. The van der Waals surface area contributed by atoms with Crippen molar-refractivity contribution in [3.05, 3.63) is 65.7 Å². The molecule has 27 heavy (non-hydrogen) atoms. The lowest BCUT2D eigenvalue weighted by Gasteiger charge is -2.20. The van der Waals surface area contributed by atoms with E-state index in [0.29, 0.717) is 6.42 Å². The van der Waals surface area contributed by atoms with Crippen molar-refractivity contribution in [3.8, 4) is 0 Å². The van der Waals surface area contributed by atoms with Gasteiger partial charge in [0.1, 0.15) is 11.6 Å². The van der Waals surface area contributed by atoms with Crippen molar-refractivity contribution < 1.29 is 14.3 Å². The number of benzodiazepines with no additional fused rings is 1. The number of carbonyl (C=O) groups excluding carboxylic acids is 2. The summed E-state index contributed by atoms with van der Waals surface area (Å²) in [5, 5.41) is 2.94. The van der Waals surface area contributed by atoms with Crippen molar-refractivity contribution in [2.45, 2.75) is 45.3 Å². The number of anilines is 1. The molecule has 1 N–H and O–H groups in total. The first-order valence-corrected chi connectivity index (χ1v) is 9.09. The summed E-state index contributed by atoms with van der Waals surface area (Å²) in [6.45, 7) is 5.47. The number of carbonyl (C=O) groups is 2. The van der Waals surface area contributed by atoms with Crippen molar-refractivity contribution in [2.24, 2.45) is 4.99 Å². The zero-order chi connectivity index (χ0) is 19.4. The third-order valence-corrected chi connectivity index (χ3v) is 4.12. The van der Waals surface area contributed by atoms with E-state index in [2.05, 4.69) is 5.32 Å². The second-order valence-corrected chi connectivity index (χ2v) is 7.52. The Morgan fingerprint density at radius 1 is 1.07 bits per heavy atom. The van der Waals surface area contributed by atoms with Crippen LogP contribution < -0.4 is 5.32 Å². The van der Waals surface area contributed by atoms with Gasteiger partial charge in [0.15, 0.2) is 0 Å². The van der Waals surface area contributed by atoms with Crippen LogP contribution in [0.1, 0.15) is 44.7 Å². The normalized spacial score (nSPS) is 16.6. The molecule has 5 heteroatoms. The molecule has 1 atom stereocenters. The summed E-state index contributed by atoms with van der Waals surface area (Å²) in [5.41, 5.74) is 2.74. The van der Waals surface area contributed by atoms with Crippen molar-refractivity contribution in [2.75, 3.05) is 5.32 Å². The van der Waals surface area contributed by atoms with E-state index in [1.807, 2.05) is 75.4 Å². The van der Waals surface area contributed by atoms with E-state index in [-0.39, 0.29) is 18.3 Å². The second kappa shape index (κ2) is 7.74. The Bertz CT molecular complexity index is 867. The molecular weight excluding hydrogens is 340 g/mol. The van der Waals surface area contributed by atoms with Crippen molar-refractivity contribution in [1.82, 2.24) is 0 Å². The molecule has 3 rings (SSSR count). The van der Waals surface area contributed by atoms with Crippen molar-refractivity contribution in [1.29, 1.82) is 0 Å². The summed E-state index contributed by atoms with van der Waals surface area (Å²) in [6, 6.07) is 16.7. The van der Waals surface area contributed by atoms with Gasteiger partial charge in [0.2, 0.25) is 5.91 Å². The average molecular weight is 364 g/mol. The summed E-state index contributed by atoms with van der Waals surface area (Å²) in [7, 11) is 0. The molecule has 2 aromatic carbocycles. The first kappa shape index (κ1) is 18.8. The summed E-state index contributed by atoms with van der Waals surface area (Å²) in [5.74, 6) is -0.537. The smallest absolute Gasteiger partial charge is 0.306 e. The Balaban J connectivity index is 1.89. The Morgan fingerprint density at radius 3 is 2.44 bits per heavy atom. The Kier molecular flexibility index (Phi) is 5.40. The fraction of sp³-hybridized carbons (Fsp3) is 0.318. The lowest BCUT2D eigenvalue weighted by Crippen LogP contribution is -2.28. The molecule has 0 fully saturated rings. The van der Waals surface area contributed by atoms with E-state index < -0.39 is 11.6 Å². The monoisotopic (exact) mass is 364 g/mol. The van der Waals surface area contributed by atoms with Gasteiger partial charge in [0.05, 0.1) is 11.4 Å². The molecule has 0 bridgehead atoms. The predicted octanol–water partition coefficient (Wildman–Crippen LogP) is 3.97. The summed E-state index contributed by atoms with van der Waals surface area (Å²) < 4.78 is 5.35. The standard InChI is InChI=1S/C22H24N2O3/c1-22(2,3)27-19(25)14-13-18-21(26)24-17-12-8-7-11-16(17)20(23-18)15-9-5-4-6-10-15/h4-12,18H,13-14H2,1-3H3,(H,24,26)/t18-/m0/s1. The van der Waals surface area contributed by atoms with Gasteiger partial charge in [-0.25, -0.2) is 0 Å². The number of aliphatic imine (C=N–C) groups is 1. The molecule has 1 heterocycles. The number of fused-ring (bicyclic) bond motifs is 1. The Morgan fingerprint density at radius 2 is 1.74 bits per heavy atom. The highest BCUT2D eigenvalue weighted by Crippen LogP contribution is 2.25. The number of benzene rings is 2. The van der Waals surface area contributed by atoms with Gasteiger partial charge in [-0.15, -0.1) is 0 Å². The van der Waals surface area contributed by atoms with Crippen molar-refractivity contribution >= 4 is 23.3 Å². The quantitative estimate of drug-likeness (QED) is 0.835. The van der Waals surface area contributed by atoms with Crippen LogP contribution in [0, 0.1) is 0 Å². The maximum atomic E-state index is 12.7. The number of para-hydroxylation sites is 1. The zero-order valence-electron chi connectivity index (χ0n) is 15.9. The first-order chi connectivity index (χ1) is 12.8. The Hall–Kier alpha value is -2.95. The number of ether oxygens (including phenoxy) is 1. The largest absolute Gasteiger partial charge is 0.460 e. The molecule has 0 saturated heterocycles. The van der Waals surface area contributed by atoms with Gasteiger partial charge in [-0.1, -0.05) is 48.5 Å². The molecule has 5 nitrogen and oxygen atoms in total. The average Bonchev–Trinajstić information content (AvgIpc) is 2.75. The molecule has 140 valence electrons. The Labute approximate surface area is 159 Å². The highest BCUT2D eigenvalue weighted by molar-refractivity contribution is 6.19. The minimum absolute atomic E-state index is 0.136. The fourth-order valence-corrected chi connectivity index (χ4v) is 2.97. The number of esters is 1. The molecule has 1 aliphatic heterocycles. The van der Waals surface area contributed by atoms with Gasteiger partial charge in [-0.2, -0.15) is 0 Å². The van der Waals surface area contributed by atoms with Crippen LogP contribution in [-0.2, 0) is 14.3 Å². The fourth-order valence-electron chi connectivity index (χ4n) is 2.97. The van der Waals surface area contributed by atoms with Gasteiger partial charge < -0.3 is 10.1 Å². The highest BCUT2D eigenvalue weighted by atomic mass is 16.6. The van der Waals surface area contributed by atoms with Crippen molar-refractivity contribution in [3.63, 3.8) is 0 Å². The summed E-state index contributed by atoms with van der Waals surface area (Å²) in [4.78, 5) is 29.5. The predicted molar refractivity (Wildman–Crippen MR) is 106 cm³/mol. The van der Waals surface area contributed by atoms with E-state index in [9.17, 15) is 9.59 Å². The van der Waals surface area contributed by atoms with E-state index in [4.69, 9.17) is 9.73 Å². The molecule has 2 aromatic rings. The van der Waals surface area contributed by atoms with Gasteiger partial charge in [-0.3, -0.25) is 14.6 Å². The van der Waals surface area contributed by atoms with E-state index in [1.54, 1.807) is 0 Å². The van der Waals surface area contributed by atoms with Crippen LogP contribution in [0.3, 0.4) is 0 Å². The summed E-state index contributed by atoms with van der Waals surface area (Å²) in [6.07, 6.45) is 0.433. The minimum atomic E-state index is -0.653. The minimum Gasteiger partial charge on any atom is -0.460 e. The highest BCUT2D eigenvalue weighted by Gasteiger charge is 2.27. The van der Waals surface area contributed by atoms with Gasteiger partial charge in [0.25, 0.3) is 0 Å². The molecule has 0 saturated carbocycles.